The van der Waals surface area contributed by atoms with E-state index in [1.54, 1.807) is 35.2 Å². The Hall–Kier alpha value is -3.31. The molecule has 1 aliphatic heterocycles. The molecule has 0 spiro atoms. The summed E-state index contributed by atoms with van der Waals surface area (Å²) in [5.74, 6) is -0.167. The Morgan fingerprint density at radius 1 is 1.16 bits per heavy atom. The highest BCUT2D eigenvalue weighted by molar-refractivity contribution is 7.91. The number of aromatic nitrogens is 1. The van der Waals surface area contributed by atoms with Gasteiger partial charge in [0.25, 0.3) is 5.69 Å². The van der Waals surface area contributed by atoms with E-state index < -0.39 is 14.8 Å². The highest BCUT2D eigenvalue weighted by Gasteiger charge is 2.23. The second kappa shape index (κ2) is 8.67. The van der Waals surface area contributed by atoms with Crippen LogP contribution < -0.4 is 4.90 Å². The number of piperazine rings is 1. The molecule has 1 aliphatic rings. The fraction of sp³-hybridized carbons (Fsp3) is 0.238. The Morgan fingerprint density at radius 3 is 2.56 bits per heavy atom. The van der Waals surface area contributed by atoms with E-state index in [2.05, 4.69) is 4.98 Å². The SMILES string of the molecule is CS(=O)(=O)c1cccc2sc(N3CCN(C(=O)/C=C/c4cccc([N+](=O)[O-])c4)CC3)nc12. The summed E-state index contributed by atoms with van der Waals surface area (Å²) in [6.45, 7) is 2.13. The van der Waals surface area contributed by atoms with Gasteiger partial charge in [0.1, 0.15) is 5.52 Å². The summed E-state index contributed by atoms with van der Waals surface area (Å²) in [5, 5.41) is 11.6. The van der Waals surface area contributed by atoms with Gasteiger partial charge in [-0.1, -0.05) is 29.5 Å². The first-order valence-corrected chi connectivity index (χ1v) is 12.5. The van der Waals surface area contributed by atoms with E-state index in [0.717, 1.165) is 9.83 Å². The second-order valence-corrected chi connectivity index (χ2v) is 10.4. The maximum Gasteiger partial charge on any atom is 0.270 e. The highest BCUT2D eigenvalue weighted by Crippen LogP contribution is 2.33. The molecule has 166 valence electrons. The van der Waals surface area contributed by atoms with E-state index in [1.807, 2.05) is 11.0 Å². The molecule has 11 heteroatoms. The van der Waals surface area contributed by atoms with Crippen LogP contribution in [0.5, 0.6) is 0 Å². The fourth-order valence-corrected chi connectivity index (χ4v) is 5.42. The summed E-state index contributed by atoms with van der Waals surface area (Å²) in [6.07, 6.45) is 4.17. The number of para-hydroxylation sites is 1. The number of nitro benzene ring substituents is 1. The molecule has 32 heavy (non-hydrogen) atoms. The number of benzene rings is 2. The fourth-order valence-electron chi connectivity index (χ4n) is 3.48. The minimum Gasteiger partial charge on any atom is -0.345 e. The van der Waals surface area contributed by atoms with Crippen LogP contribution in [-0.4, -0.2) is 61.6 Å². The van der Waals surface area contributed by atoms with E-state index in [0.29, 0.717) is 37.3 Å². The quantitative estimate of drug-likeness (QED) is 0.319. The van der Waals surface area contributed by atoms with Gasteiger partial charge in [0.2, 0.25) is 5.91 Å². The second-order valence-electron chi connectivity index (χ2n) is 7.37. The summed E-state index contributed by atoms with van der Waals surface area (Å²) < 4.78 is 24.9. The molecule has 3 aromatic rings. The lowest BCUT2D eigenvalue weighted by molar-refractivity contribution is -0.384. The predicted octanol–water partition coefficient (Wildman–Crippen LogP) is 2.97. The molecule has 0 bridgehead atoms. The Kier molecular flexibility index (Phi) is 5.94. The molecule has 0 N–H and O–H groups in total. The molecule has 2 aromatic carbocycles. The molecule has 1 fully saturated rings. The summed E-state index contributed by atoms with van der Waals surface area (Å²) in [6, 6.07) is 11.2. The first-order valence-electron chi connectivity index (χ1n) is 9.78. The standard InChI is InChI=1S/C21H20N4O5S2/c1-32(29,30)18-7-3-6-17-20(18)22-21(31-17)24-12-10-23(11-13-24)19(26)9-8-15-4-2-5-16(14-15)25(27)28/h2-9,14H,10-13H2,1H3/b9-8+. The van der Waals surface area contributed by atoms with Crippen molar-refractivity contribution in [3.8, 4) is 0 Å². The van der Waals surface area contributed by atoms with E-state index >= 15 is 0 Å². The monoisotopic (exact) mass is 472 g/mol. The Labute approximate surface area is 188 Å². The van der Waals surface area contributed by atoms with Crippen molar-refractivity contribution >= 4 is 54.2 Å². The van der Waals surface area contributed by atoms with Crippen LogP contribution in [0.15, 0.2) is 53.4 Å². The molecule has 1 aromatic heterocycles. The third-order valence-electron chi connectivity index (χ3n) is 5.13. The normalized spacial score (nSPS) is 14.9. The molecule has 1 amide bonds. The summed E-state index contributed by atoms with van der Waals surface area (Å²) in [4.78, 5) is 31.5. The average molecular weight is 473 g/mol. The van der Waals surface area contributed by atoms with Crippen molar-refractivity contribution in [1.29, 1.82) is 0 Å². The van der Waals surface area contributed by atoms with Gasteiger partial charge in [-0.3, -0.25) is 14.9 Å². The van der Waals surface area contributed by atoms with Gasteiger partial charge in [-0.05, 0) is 23.8 Å². The molecule has 9 nitrogen and oxygen atoms in total. The molecule has 4 rings (SSSR count). The summed E-state index contributed by atoms with van der Waals surface area (Å²) in [5.41, 5.74) is 1.04. The van der Waals surface area contributed by atoms with Crippen molar-refractivity contribution in [3.63, 3.8) is 0 Å². The lowest BCUT2D eigenvalue weighted by atomic mass is 10.2. The van der Waals surface area contributed by atoms with E-state index in [-0.39, 0.29) is 16.5 Å². The molecular formula is C21H20N4O5S2. The smallest absolute Gasteiger partial charge is 0.270 e. The van der Waals surface area contributed by atoms with Crippen molar-refractivity contribution < 1.29 is 18.1 Å². The van der Waals surface area contributed by atoms with Crippen LogP contribution in [-0.2, 0) is 14.6 Å². The molecule has 2 heterocycles. The van der Waals surface area contributed by atoms with Crippen LogP contribution in [0.25, 0.3) is 16.3 Å². The van der Waals surface area contributed by atoms with Crippen molar-refractivity contribution in [3.05, 3.63) is 64.2 Å². The van der Waals surface area contributed by atoms with Crippen LogP contribution in [0.2, 0.25) is 0 Å². The van der Waals surface area contributed by atoms with Gasteiger partial charge in [-0.25, -0.2) is 13.4 Å². The number of non-ortho nitro benzene ring substituents is 1. The summed E-state index contributed by atoms with van der Waals surface area (Å²) >= 11 is 1.43. The number of sulfone groups is 1. The Balaban J connectivity index is 1.42. The third kappa shape index (κ3) is 4.63. The number of thiazole rings is 1. The maximum atomic E-state index is 12.5. The van der Waals surface area contributed by atoms with Crippen LogP contribution in [0, 0.1) is 10.1 Å². The molecule has 0 aliphatic carbocycles. The van der Waals surface area contributed by atoms with Gasteiger partial charge >= 0.3 is 0 Å². The number of nitrogens with zero attached hydrogens (tertiary/aromatic N) is 4. The number of carbonyl (C=O) groups is 1. The van der Waals surface area contributed by atoms with Crippen LogP contribution >= 0.6 is 11.3 Å². The van der Waals surface area contributed by atoms with Crippen LogP contribution in [0.1, 0.15) is 5.56 Å². The lowest BCUT2D eigenvalue weighted by Gasteiger charge is -2.34. The number of nitro groups is 1. The number of amides is 1. The first kappa shape index (κ1) is 21.9. The van der Waals surface area contributed by atoms with Crippen molar-refractivity contribution in [2.75, 3.05) is 37.3 Å². The number of rotatable bonds is 5. The number of hydrogen-bond acceptors (Lipinski definition) is 8. The Morgan fingerprint density at radius 2 is 1.88 bits per heavy atom. The van der Waals surface area contributed by atoms with Crippen molar-refractivity contribution in [1.82, 2.24) is 9.88 Å². The first-order chi connectivity index (χ1) is 15.2. The maximum absolute atomic E-state index is 12.5. The lowest BCUT2D eigenvalue weighted by Crippen LogP contribution is -2.48. The van der Waals surface area contributed by atoms with Crippen LogP contribution in [0.3, 0.4) is 0 Å². The van der Waals surface area contributed by atoms with E-state index in [1.165, 1.54) is 35.8 Å². The largest absolute Gasteiger partial charge is 0.345 e. The molecule has 1 saturated heterocycles. The Bertz CT molecular complexity index is 1320. The van der Waals surface area contributed by atoms with Gasteiger partial charge < -0.3 is 9.80 Å². The summed E-state index contributed by atoms with van der Waals surface area (Å²) in [7, 11) is -3.38. The molecular weight excluding hydrogens is 452 g/mol. The van der Waals surface area contributed by atoms with Crippen molar-refractivity contribution in [2.24, 2.45) is 0 Å². The zero-order chi connectivity index (χ0) is 22.9. The minimum absolute atomic E-state index is 0.0249. The topological polar surface area (TPSA) is 114 Å². The molecule has 0 radical (unpaired) electrons. The number of anilines is 1. The third-order valence-corrected chi connectivity index (χ3v) is 7.34. The van der Waals surface area contributed by atoms with Crippen molar-refractivity contribution in [2.45, 2.75) is 4.90 Å². The van der Waals surface area contributed by atoms with E-state index in [4.69, 9.17) is 0 Å². The van der Waals surface area contributed by atoms with Gasteiger partial charge in [0, 0.05) is 50.6 Å². The average Bonchev–Trinajstić information content (AvgIpc) is 3.21. The molecule has 0 unspecified atom stereocenters. The van der Waals surface area contributed by atoms with Gasteiger partial charge in [0.15, 0.2) is 15.0 Å². The number of fused-ring (bicyclic) bond motifs is 1. The minimum atomic E-state index is -3.38. The molecule has 0 saturated carbocycles. The number of hydrogen-bond donors (Lipinski definition) is 0. The zero-order valence-electron chi connectivity index (χ0n) is 17.2. The highest BCUT2D eigenvalue weighted by atomic mass is 32.2. The van der Waals surface area contributed by atoms with Gasteiger partial charge in [-0.15, -0.1) is 0 Å². The van der Waals surface area contributed by atoms with Gasteiger partial charge in [-0.2, -0.15) is 0 Å². The predicted molar refractivity (Wildman–Crippen MR) is 124 cm³/mol. The van der Waals surface area contributed by atoms with E-state index in [9.17, 15) is 23.3 Å². The zero-order valence-corrected chi connectivity index (χ0v) is 18.8. The molecule has 0 atom stereocenters. The van der Waals surface area contributed by atoms with Gasteiger partial charge in [0.05, 0.1) is 14.5 Å². The van der Waals surface area contributed by atoms with Crippen LogP contribution in [0.4, 0.5) is 10.8 Å². The number of carbonyl (C=O) groups excluding carboxylic acids is 1.